The van der Waals surface area contributed by atoms with Gasteiger partial charge in [0.05, 0.1) is 11.5 Å². The molecule has 116 valence electrons. The van der Waals surface area contributed by atoms with Gasteiger partial charge < -0.3 is 9.47 Å². The zero-order valence-electron chi connectivity index (χ0n) is 13.0. The predicted molar refractivity (Wildman–Crippen MR) is 78.8 cm³/mol. The van der Waals surface area contributed by atoms with Gasteiger partial charge in [0.2, 0.25) is 0 Å². The Kier molecular flexibility index (Phi) is 3.16. The first kappa shape index (κ1) is 13.8. The van der Waals surface area contributed by atoms with Gasteiger partial charge in [-0.3, -0.25) is 9.69 Å². The van der Waals surface area contributed by atoms with E-state index in [0.717, 1.165) is 45.3 Å². The van der Waals surface area contributed by atoms with Crippen LogP contribution in [-0.2, 0) is 14.3 Å². The highest BCUT2D eigenvalue weighted by Crippen LogP contribution is 2.50. The van der Waals surface area contributed by atoms with E-state index >= 15 is 0 Å². The molecule has 0 aromatic carbocycles. The van der Waals surface area contributed by atoms with Crippen LogP contribution in [0.15, 0.2) is 11.6 Å². The second-order valence-electron chi connectivity index (χ2n) is 7.45. The number of ether oxygens (including phenoxy) is 2. The zero-order valence-corrected chi connectivity index (χ0v) is 13.0. The predicted octanol–water partition coefficient (Wildman–Crippen LogP) is 2.14. The molecule has 4 heteroatoms. The van der Waals surface area contributed by atoms with E-state index in [-0.39, 0.29) is 29.7 Å². The Morgan fingerprint density at radius 3 is 3.00 bits per heavy atom. The van der Waals surface area contributed by atoms with Gasteiger partial charge in [-0.25, -0.2) is 0 Å². The van der Waals surface area contributed by atoms with Crippen LogP contribution in [-0.4, -0.2) is 48.3 Å². The summed E-state index contributed by atoms with van der Waals surface area (Å²) in [5.41, 5.74) is 1.37. The van der Waals surface area contributed by atoms with Crippen molar-refractivity contribution in [1.82, 2.24) is 4.90 Å². The van der Waals surface area contributed by atoms with Crippen LogP contribution in [0.3, 0.4) is 0 Å². The maximum Gasteiger partial charge on any atom is 0.311 e. The third kappa shape index (κ3) is 2.53. The van der Waals surface area contributed by atoms with Gasteiger partial charge in [0, 0.05) is 25.6 Å². The Balaban J connectivity index is 1.57. The topological polar surface area (TPSA) is 41.8 Å². The highest BCUT2D eigenvalue weighted by atomic mass is 16.6. The van der Waals surface area contributed by atoms with Crippen LogP contribution in [0.2, 0.25) is 0 Å². The van der Waals surface area contributed by atoms with Gasteiger partial charge in [-0.2, -0.15) is 0 Å². The summed E-state index contributed by atoms with van der Waals surface area (Å²) in [6, 6.07) is 0. The quantitative estimate of drug-likeness (QED) is 0.444. The van der Waals surface area contributed by atoms with Gasteiger partial charge in [0.15, 0.2) is 0 Å². The molecule has 0 N–H and O–H groups in total. The first-order chi connectivity index (χ1) is 10.1. The first-order valence-corrected chi connectivity index (χ1v) is 8.33. The minimum absolute atomic E-state index is 0.00984. The van der Waals surface area contributed by atoms with E-state index in [2.05, 4.69) is 24.8 Å². The lowest BCUT2D eigenvalue weighted by atomic mass is 9.80. The highest BCUT2D eigenvalue weighted by molar-refractivity contribution is 5.76. The summed E-state index contributed by atoms with van der Waals surface area (Å²) in [6.07, 6.45) is 6.69. The van der Waals surface area contributed by atoms with Gasteiger partial charge in [-0.05, 0) is 39.5 Å². The number of rotatable bonds is 2. The Labute approximate surface area is 126 Å². The van der Waals surface area contributed by atoms with Crippen LogP contribution < -0.4 is 0 Å². The molecule has 0 saturated carbocycles. The summed E-state index contributed by atoms with van der Waals surface area (Å²) in [5.74, 6) is 0.389. The monoisotopic (exact) mass is 291 g/mol. The molecule has 0 aromatic rings. The smallest absolute Gasteiger partial charge is 0.311 e. The van der Waals surface area contributed by atoms with Gasteiger partial charge in [-0.1, -0.05) is 11.6 Å². The van der Waals surface area contributed by atoms with Crippen LogP contribution in [0, 0.1) is 11.8 Å². The largest absolute Gasteiger partial charge is 0.459 e. The van der Waals surface area contributed by atoms with Gasteiger partial charge >= 0.3 is 5.97 Å². The molecule has 21 heavy (non-hydrogen) atoms. The zero-order chi connectivity index (χ0) is 14.6. The summed E-state index contributed by atoms with van der Waals surface area (Å²) < 4.78 is 11.8. The Morgan fingerprint density at radius 2 is 2.24 bits per heavy atom. The summed E-state index contributed by atoms with van der Waals surface area (Å²) in [5, 5.41) is 0. The lowest BCUT2D eigenvalue weighted by Crippen LogP contribution is -2.32. The van der Waals surface area contributed by atoms with E-state index in [1.165, 1.54) is 5.57 Å². The van der Waals surface area contributed by atoms with Gasteiger partial charge in [-0.15, -0.1) is 0 Å². The fourth-order valence-electron chi connectivity index (χ4n) is 4.08. The number of hydrogen-bond donors (Lipinski definition) is 0. The molecule has 4 nitrogen and oxygen atoms in total. The van der Waals surface area contributed by atoms with E-state index in [9.17, 15) is 4.79 Å². The maximum absolute atomic E-state index is 12.3. The van der Waals surface area contributed by atoms with Crippen LogP contribution in [0.4, 0.5) is 0 Å². The lowest BCUT2D eigenvalue weighted by Gasteiger charge is -2.22. The van der Waals surface area contributed by atoms with Crippen LogP contribution in [0.25, 0.3) is 0 Å². The second kappa shape index (κ2) is 4.82. The number of hydrogen-bond acceptors (Lipinski definition) is 4. The number of epoxide rings is 1. The number of esters is 1. The highest BCUT2D eigenvalue weighted by Gasteiger charge is 2.62. The summed E-state index contributed by atoms with van der Waals surface area (Å²) >= 11 is 0. The Hall–Kier alpha value is -0.870. The average molecular weight is 291 g/mol. The second-order valence-corrected chi connectivity index (χ2v) is 7.45. The van der Waals surface area contributed by atoms with Crippen molar-refractivity contribution in [2.45, 2.75) is 57.3 Å². The van der Waals surface area contributed by atoms with Crippen LogP contribution >= 0.6 is 0 Å². The third-order valence-electron chi connectivity index (χ3n) is 5.73. The standard InChI is InChI=1S/C17H25NO3/c1-11-4-3-7-17(2)15(21-17)14-12(6-5-11)13(16(19)20-14)10-18-8-9-18/h4,12-15H,3,5-10H2,1-2H3/b11-4+/t12-,13-,14-,15-,17+/m0/s1. The maximum atomic E-state index is 12.3. The number of fused-ring (bicyclic) bond motifs is 3. The number of carbonyl (C=O) groups is 1. The van der Waals surface area contributed by atoms with Crippen molar-refractivity contribution in [3.63, 3.8) is 0 Å². The van der Waals surface area contributed by atoms with Crippen molar-refractivity contribution in [3.8, 4) is 0 Å². The van der Waals surface area contributed by atoms with Crippen molar-refractivity contribution < 1.29 is 14.3 Å². The molecule has 0 spiro atoms. The Morgan fingerprint density at radius 1 is 1.43 bits per heavy atom. The molecule has 0 amide bonds. The minimum Gasteiger partial charge on any atom is -0.459 e. The van der Waals surface area contributed by atoms with Crippen molar-refractivity contribution in [1.29, 1.82) is 0 Å². The van der Waals surface area contributed by atoms with Crippen molar-refractivity contribution >= 4 is 5.97 Å². The molecule has 0 bridgehead atoms. The molecule has 3 aliphatic heterocycles. The van der Waals surface area contributed by atoms with Crippen LogP contribution in [0.5, 0.6) is 0 Å². The van der Waals surface area contributed by atoms with Gasteiger partial charge in [0.25, 0.3) is 0 Å². The molecule has 5 atom stereocenters. The normalized spacial score (nSPS) is 48.7. The van der Waals surface area contributed by atoms with Crippen molar-refractivity contribution in [3.05, 3.63) is 11.6 Å². The third-order valence-corrected chi connectivity index (χ3v) is 5.73. The first-order valence-electron chi connectivity index (χ1n) is 8.33. The molecule has 4 rings (SSSR count). The number of carbonyl (C=O) groups excluding carboxylic acids is 1. The molecule has 3 saturated heterocycles. The van der Waals surface area contributed by atoms with Gasteiger partial charge in [0.1, 0.15) is 12.2 Å². The van der Waals surface area contributed by atoms with E-state index in [4.69, 9.17) is 9.47 Å². The number of nitrogens with zero attached hydrogens (tertiary/aromatic N) is 1. The average Bonchev–Trinajstić information content (AvgIpc) is 3.32. The molecule has 4 aliphatic rings. The summed E-state index contributed by atoms with van der Waals surface area (Å²) in [4.78, 5) is 14.7. The SMILES string of the molecule is C/C1=C\CC[C@@]2(C)O[C@H]2[C@H]2OC(=O)[C@@H](CN3CC3)[C@@H]2CC1. The van der Waals surface area contributed by atoms with Crippen molar-refractivity contribution in [2.75, 3.05) is 19.6 Å². The molecule has 3 heterocycles. The molecule has 0 radical (unpaired) electrons. The van der Waals surface area contributed by atoms with E-state index in [0.29, 0.717) is 5.92 Å². The molecular weight excluding hydrogens is 266 g/mol. The summed E-state index contributed by atoms with van der Waals surface area (Å²) in [6.45, 7) is 7.54. The van der Waals surface area contributed by atoms with E-state index < -0.39 is 0 Å². The minimum atomic E-state index is -0.0773. The summed E-state index contributed by atoms with van der Waals surface area (Å²) in [7, 11) is 0. The molecule has 3 fully saturated rings. The van der Waals surface area contributed by atoms with Crippen LogP contribution in [0.1, 0.15) is 39.5 Å². The molecule has 0 aromatic heterocycles. The fraction of sp³-hybridized carbons (Fsp3) is 0.824. The molecule has 0 unspecified atom stereocenters. The lowest BCUT2D eigenvalue weighted by molar-refractivity contribution is -0.145. The fourth-order valence-corrected chi connectivity index (χ4v) is 4.08. The molecule has 1 aliphatic carbocycles. The molecular formula is C17H25NO3. The van der Waals surface area contributed by atoms with E-state index in [1.54, 1.807) is 0 Å². The van der Waals surface area contributed by atoms with Crippen molar-refractivity contribution in [2.24, 2.45) is 11.8 Å². The van der Waals surface area contributed by atoms with E-state index in [1.807, 2.05) is 0 Å². The number of allylic oxidation sites excluding steroid dienone is 2. The Bertz CT molecular complexity index is 484.